The molecule has 0 N–H and O–H groups in total. The van der Waals surface area contributed by atoms with Crippen LogP contribution in [-0.4, -0.2) is 0 Å². The first-order valence-electron chi connectivity index (χ1n) is 6.41. The van der Waals surface area contributed by atoms with Crippen LogP contribution in [0.4, 0.5) is 0 Å². The lowest BCUT2D eigenvalue weighted by molar-refractivity contribution is 1.48. The van der Waals surface area contributed by atoms with Crippen LogP contribution in [0.1, 0.15) is 20.9 Å². The van der Waals surface area contributed by atoms with Crippen LogP contribution in [0.15, 0.2) is 21.5 Å². The smallest absolute Gasteiger partial charge is 0.0455 e. The highest BCUT2D eigenvalue weighted by Gasteiger charge is 2.04. The van der Waals surface area contributed by atoms with Crippen LogP contribution < -0.4 is 0 Å². The standard InChI is InChI=1S/2C8H8S2/c2*1-5-6(2)10-8-4-9-3-7(5)8/h2*3-4H,1-2H3. The quantitative estimate of drug-likeness (QED) is 0.319. The van der Waals surface area contributed by atoms with E-state index in [0.29, 0.717) is 0 Å². The molecule has 0 unspecified atom stereocenters. The Bertz CT molecular complexity index is 781. The van der Waals surface area contributed by atoms with Crippen molar-refractivity contribution in [3.05, 3.63) is 42.4 Å². The number of rotatable bonds is 0. The normalized spacial score (nSPS) is 11.0. The molecular formula is C16H16S4. The molecule has 0 nitrogen and oxygen atoms in total. The summed E-state index contributed by atoms with van der Waals surface area (Å²) in [4.78, 5) is 2.91. The Hall–Kier alpha value is -0.680. The predicted octanol–water partition coefficient (Wildman–Crippen LogP) is 7.16. The van der Waals surface area contributed by atoms with Crippen LogP contribution in [-0.2, 0) is 0 Å². The monoisotopic (exact) mass is 336 g/mol. The van der Waals surface area contributed by atoms with E-state index in [0.717, 1.165) is 0 Å². The van der Waals surface area contributed by atoms with Crippen molar-refractivity contribution in [2.24, 2.45) is 0 Å². The van der Waals surface area contributed by atoms with Crippen LogP contribution in [0.2, 0.25) is 0 Å². The molecule has 4 aromatic heterocycles. The molecule has 4 rings (SSSR count). The van der Waals surface area contributed by atoms with E-state index in [2.05, 4.69) is 49.2 Å². The molecule has 4 heterocycles. The molecule has 0 saturated heterocycles. The molecule has 0 aliphatic carbocycles. The highest BCUT2D eigenvalue weighted by atomic mass is 32.1. The molecule has 0 radical (unpaired) electrons. The van der Waals surface area contributed by atoms with E-state index in [4.69, 9.17) is 0 Å². The number of fused-ring (bicyclic) bond motifs is 2. The second-order valence-corrected chi connectivity index (χ2v) is 8.87. The largest absolute Gasteiger partial charge is 0.150 e. The SMILES string of the molecule is Cc1sc2cscc2c1C.Cc1sc2cscc2c1C. The molecule has 4 heteroatoms. The van der Waals surface area contributed by atoms with Gasteiger partial charge in [-0.25, -0.2) is 0 Å². The van der Waals surface area contributed by atoms with Gasteiger partial charge in [-0.05, 0) is 49.6 Å². The average Bonchev–Trinajstić information content (AvgIpc) is 3.13. The lowest BCUT2D eigenvalue weighted by atomic mass is 10.2. The van der Waals surface area contributed by atoms with Crippen LogP contribution in [0.5, 0.6) is 0 Å². The van der Waals surface area contributed by atoms with Gasteiger partial charge in [0.05, 0.1) is 0 Å². The lowest BCUT2D eigenvalue weighted by Gasteiger charge is -1.83. The third-order valence-corrected chi connectivity index (χ3v) is 7.77. The number of hydrogen-bond donors (Lipinski definition) is 0. The number of aryl methyl sites for hydroxylation is 4. The van der Waals surface area contributed by atoms with Crippen molar-refractivity contribution in [1.82, 2.24) is 0 Å². The molecule has 0 amide bonds. The first-order valence-corrected chi connectivity index (χ1v) is 9.93. The second kappa shape index (κ2) is 5.60. The summed E-state index contributed by atoms with van der Waals surface area (Å²) in [5, 5.41) is 11.8. The summed E-state index contributed by atoms with van der Waals surface area (Å²) in [6.45, 7) is 8.76. The van der Waals surface area contributed by atoms with Crippen molar-refractivity contribution in [3.63, 3.8) is 0 Å². The average molecular weight is 337 g/mol. The highest BCUT2D eigenvalue weighted by Crippen LogP contribution is 2.33. The van der Waals surface area contributed by atoms with Crippen molar-refractivity contribution >= 4 is 65.5 Å². The van der Waals surface area contributed by atoms with Crippen LogP contribution in [0, 0.1) is 27.7 Å². The van der Waals surface area contributed by atoms with Gasteiger partial charge in [-0.1, -0.05) is 0 Å². The Balaban J connectivity index is 0.000000121. The van der Waals surface area contributed by atoms with Crippen LogP contribution >= 0.6 is 45.3 Å². The van der Waals surface area contributed by atoms with E-state index in [9.17, 15) is 0 Å². The van der Waals surface area contributed by atoms with Gasteiger partial charge in [0, 0.05) is 40.7 Å². The van der Waals surface area contributed by atoms with E-state index in [-0.39, 0.29) is 0 Å². The zero-order chi connectivity index (χ0) is 14.3. The van der Waals surface area contributed by atoms with E-state index >= 15 is 0 Å². The maximum Gasteiger partial charge on any atom is 0.0455 e. The molecule has 0 aromatic carbocycles. The van der Waals surface area contributed by atoms with Gasteiger partial charge < -0.3 is 0 Å². The summed E-state index contributed by atoms with van der Waals surface area (Å²) >= 11 is 7.38. The minimum Gasteiger partial charge on any atom is -0.150 e. The molecule has 0 atom stereocenters. The summed E-state index contributed by atoms with van der Waals surface area (Å²) in [6, 6.07) is 0. The molecule has 0 saturated carbocycles. The van der Waals surface area contributed by atoms with E-state index in [1.165, 1.54) is 41.1 Å². The van der Waals surface area contributed by atoms with Gasteiger partial charge in [-0.2, -0.15) is 22.7 Å². The van der Waals surface area contributed by atoms with Crippen molar-refractivity contribution in [1.29, 1.82) is 0 Å². The van der Waals surface area contributed by atoms with Crippen molar-refractivity contribution in [3.8, 4) is 0 Å². The summed E-state index contributed by atoms with van der Waals surface area (Å²) < 4.78 is 2.89. The molecular weight excluding hydrogens is 320 g/mol. The maximum absolute atomic E-state index is 2.23. The van der Waals surface area contributed by atoms with Gasteiger partial charge in [0.25, 0.3) is 0 Å². The first kappa shape index (κ1) is 14.3. The predicted molar refractivity (Wildman–Crippen MR) is 98.4 cm³/mol. The van der Waals surface area contributed by atoms with Crippen LogP contribution in [0.25, 0.3) is 20.2 Å². The zero-order valence-electron chi connectivity index (χ0n) is 11.9. The van der Waals surface area contributed by atoms with Gasteiger partial charge in [-0.15, -0.1) is 22.7 Å². The van der Waals surface area contributed by atoms with Crippen molar-refractivity contribution < 1.29 is 0 Å². The number of thiophene rings is 4. The van der Waals surface area contributed by atoms with Crippen LogP contribution in [0.3, 0.4) is 0 Å². The van der Waals surface area contributed by atoms with E-state index in [1.807, 2.05) is 22.7 Å². The Labute approximate surface area is 135 Å². The second-order valence-electron chi connectivity index (χ2n) is 4.87. The zero-order valence-corrected chi connectivity index (χ0v) is 15.2. The lowest BCUT2D eigenvalue weighted by Crippen LogP contribution is -1.65. The van der Waals surface area contributed by atoms with Crippen molar-refractivity contribution in [2.75, 3.05) is 0 Å². The molecule has 20 heavy (non-hydrogen) atoms. The maximum atomic E-state index is 2.23. The van der Waals surface area contributed by atoms with E-state index in [1.54, 1.807) is 22.7 Å². The number of hydrogen-bond acceptors (Lipinski definition) is 4. The molecule has 0 spiro atoms. The van der Waals surface area contributed by atoms with Gasteiger partial charge in [0.15, 0.2) is 0 Å². The third kappa shape index (κ3) is 2.46. The fraction of sp³-hybridized carbons (Fsp3) is 0.250. The molecule has 0 bridgehead atoms. The van der Waals surface area contributed by atoms with Gasteiger partial charge in [-0.3, -0.25) is 0 Å². The van der Waals surface area contributed by atoms with Gasteiger partial charge in [0.2, 0.25) is 0 Å². The third-order valence-electron chi connectivity index (χ3n) is 3.64. The molecule has 104 valence electrons. The topological polar surface area (TPSA) is 0 Å². The highest BCUT2D eigenvalue weighted by molar-refractivity contribution is 7.23. The fourth-order valence-corrected chi connectivity index (χ4v) is 6.35. The Morgan fingerprint density at radius 2 is 1.00 bits per heavy atom. The molecule has 0 aliphatic heterocycles. The van der Waals surface area contributed by atoms with Gasteiger partial charge >= 0.3 is 0 Å². The summed E-state index contributed by atoms with van der Waals surface area (Å²) in [5.41, 5.74) is 2.92. The summed E-state index contributed by atoms with van der Waals surface area (Å²) in [7, 11) is 0. The first-order chi connectivity index (χ1) is 9.58. The molecule has 0 fully saturated rings. The van der Waals surface area contributed by atoms with E-state index < -0.39 is 0 Å². The Morgan fingerprint density at radius 3 is 1.35 bits per heavy atom. The minimum absolute atomic E-state index is 1.44. The fourth-order valence-electron chi connectivity index (χ4n) is 2.14. The van der Waals surface area contributed by atoms with Gasteiger partial charge in [0.1, 0.15) is 0 Å². The Kier molecular flexibility index (Phi) is 4.00. The summed E-state index contributed by atoms with van der Waals surface area (Å²) in [5.74, 6) is 0. The molecule has 4 aromatic rings. The summed E-state index contributed by atoms with van der Waals surface area (Å²) in [6.07, 6.45) is 0. The molecule has 0 aliphatic rings. The Morgan fingerprint density at radius 1 is 0.600 bits per heavy atom. The minimum atomic E-state index is 1.44. The van der Waals surface area contributed by atoms with Crippen molar-refractivity contribution in [2.45, 2.75) is 27.7 Å².